The van der Waals surface area contributed by atoms with E-state index < -0.39 is 21.8 Å². The zero-order chi connectivity index (χ0) is 21.7. The summed E-state index contributed by atoms with van der Waals surface area (Å²) in [6.07, 6.45) is -2.73. The van der Waals surface area contributed by atoms with Crippen molar-refractivity contribution in [3.05, 3.63) is 59.7 Å². The van der Waals surface area contributed by atoms with Crippen LogP contribution in [0.3, 0.4) is 0 Å². The molecule has 1 amide bonds. The molecule has 0 saturated carbocycles. The topological polar surface area (TPSA) is 66.5 Å². The molecule has 0 aliphatic heterocycles. The number of rotatable bonds is 8. The van der Waals surface area contributed by atoms with Gasteiger partial charge in [-0.15, -0.1) is 0 Å². The van der Waals surface area contributed by atoms with E-state index in [0.29, 0.717) is 5.69 Å². The van der Waals surface area contributed by atoms with E-state index in [0.717, 1.165) is 40.7 Å². The molecule has 0 aromatic heterocycles. The highest BCUT2D eigenvalue weighted by molar-refractivity contribution is 7.92. The minimum absolute atomic E-state index is 0.0308. The first-order chi connectivity index (χ1) is 13.5. The first-order valence-corrected chi connectivity index (χ1v) is 10.9. The Hall–Kier alpha value is -2.55. The van der Waals surface area contributed by atoms with Crippen LogP contribution in [0.2, 0.25) is 0 Å². The molecule has 0 aliphatic carbocycles. The third kappa shape index (κ3) is 6.49. The van der Waals surface area contributed by atoms with Gasteiger partial charge >= 0.3 is 6.18 Å². The second-order valence-electron chi connectivity index (χ2n) is 6.55. The number of alkyl halides is 3. The monoisotopic (exact) mass is 428 g/mol. The number of hydrogen-bond donors (Lipinski definition) is 1. The number of para-hydroxylation sites is 1. The number of hydrogen-bond acceptors (Lipinski definition) is 3. The van der Waals surface area contributed by atoms with Crippen LogP contribution >= 0.6 is 0 Å². The van der Waals surface area contributed by atoms with E-state index in [4.69, 9.17) is 0 Å². The molecule has 1 N–H and O–H groups in total. The van der Waals surface area contributed by atoms with Gasteiger partial charge in [-0.05, 0) is 42.7 Å². The molecule has 0 aliphatic rings. The van der Waals surface area contributed by atoms with Crippen LogP contribution in [0.5, 0.6) is 0 Å². The van der Waals surface area contributed by atoms with Crippen LogP contribution in [0.1, 0.15) is 30.9 Å². The summed E-state index contributed by atoms with van der Waals surface area (Å²) in [5, 5.41) is 2.79. The standard InChI is InChI=1S/C20H23F3N2O3S/c1-3-15-8-4-5-11-18(15)24-19(26)12-7-13-25(29(2,27)28)17-10-6-9-16(14-17)20(21,22)23/h4-6,8-11,14H,3,7,12-13H2,1-2H3,(H,24,26). The predicted molar refractivity (Wildman–Crippen MR) is 107 cm³/mol. The number of carbonyl (C=O) groups is 1. The minimum Gasteiger partial charge on any atom is -0.326 e. The van der Waals surface area contributed by atoms with Gasteiger partial charge in [0.05, 0.1) is 17.5 Å². The third-order valence-corrected chi connectivity index (χ3v) is 5.49. The average molecular weight is 428 g/mol. The maximum Gasteiger partial charge on any atom is 0.416 e. The Bertz CT molecular complexity index is 959. The fraction of sp³-hybridized carbons (Fsp3) is 0.350. The average Bonchev–Trinajstić information content (AvgIpc) is 2.64. The van der Waals surface area contributed by atoms with E-state index in [1.54, 1.807) is 12.1 Å². The normalized spacial score (nSPS) is 11.9. The summed E-state index contributed by atoms with van der Waals surface area (Å²) in [7, 11) is -3.81. The summed E-state index contributed by atoms with van der Waals surface area (Å²) in [5.41, 5.74) is 0.650. The zero-order valence-corrected chi connectivity index (χ0v) is 17.0. The predicted octanol–water partition coefficient (Wildman–Crippen LogP) is 4.45. The molecule has 0 saturated heterocycles. The molecule has 0 heterocycles. The second-order valence-corrected chi connectivity index (χ2v) is 8.45. The number of nitrogens with one attached hydrogen (secondary N) is 1. The number of anilines is 2. The summed E-state index contributed by atoms with van der Waals surface area (Å²) < 4.78 is 63.9. The van der Waals surface area contributed by atoms with Crippen molar-refractivity contribution in [2.75, 3.05) is 22.4 Å². The van der Waals surface area contributed by atoms with Gasteiger partial charge in [-0.25, -0.2) is 8.42 Å². The lowest BCUT2D eigenvalue weighted by atomic mass is 10.1. The fourth-order valence-corrected chi connectivity index (χ4v) is 3.83. The van der Waals surface area contributed by atoms with Crippen LogP contribution in [-0.2, 0) is 27.4 Å². The van der Waals surface area contributed by atoms with Gasteiger partial charge in [0.1, 0.15) is 0 Å². The quantitative estimate of drug-likeness (QED) is 0.675. The summed E-state index contributed by atoms with van der Waals surface area (Å²) in [5.74, 6) is -0.289. The smallest absolute Gasteiger partial charge is 0.326 e. The van der Waals surface area contributed by atoms with Crippen molar-refractivity contribution in [3.63, 3.8) is 0 Å². The van der Waals surface area contributed by atoms with E-state index >= 15 is 0 Å². The molecule has 2 aromatic rings. The van der Waals surface area contributed by atoms with Gasteiger partial charge in [-0.1, -0.05) is 31.2 Å². The SMILES string of the molecule is CCc1ccccc1NC(=O)CCCN(c1cccc(C(F)(F)F)c1)S(C)(=O)=O. The number of carbonyl (C=O) groups excluding carboxylic acids is 1. The van der Waals surface area contributed by atoms with Crippen molar-refractivity contribution in [3.8, 4) is 0 Å². The molecule has 2 aromatic carbocycles. The number of halogens is 3. The van der Waals surface area contributed by atoms with E-state index in [1.807, 2.05) is 19.1 Å². The molecule has 158 valence electrons. The highest BCUT2D eigenvalue weighted by Crippen LogP contribution is 2.32. The number of sulfonamides is 1. The van der Waals surface area contributed by atoms with Gasteiger partial charge in [-0.2, -0.15) is 13.2 Å². The lowest BCUT2D eigenvalue weighted by molar-refractivity contribution is -0.137. The van der Waals surface area contributed by atoms with Crippen LogP contribution in [0, 0.1) is 0 Å². The van der Waals surface area contributed by atoms with Crippen molar-refractivity contribution in [2.24, 2.45) is 0 Å². The van der Waals surface area contributed by atoms with Crippen LogP contribution in [0.4, 0.5) is 24.5 Å². The molecule has 9 heteroatoms. The van der Waals surface area contributed by atoms with Crippen LogP contribution in [0.15, 0.2) is 48.5 Å². The number of aryl methyl sites for hydroxylation is 1. The molecule has 5 nitrogen and oxygen atoms in total. The number of nitrogens with zero attached hydrogens (tertiary/aromatic N) is 1. The Morgan fingerprint density at radius 3 is 2.41 bits per heavy atom. The molecule has 0 fully saturated rings. The molecule has 2 rings (SSSR count). The van der Waals surface area contributed by atoms with Gasteiger partial charge < -0.3 is 5.32 Å². The molecular weight excluding hydrogens is 405 g/mol. The van der Waals surface area contributed by atoms with Crippen molar-refractivity contribution < 1.29 is 26.4 Å². The van der Waals surface area contributed by atoms with Gasteiger partial charge in [0.2, 0.25) is 15.9 Å². The first kappa shape index (κ1) is 22.7. The maximum absolute atomic E-state index is 12.9. The first-order valence-electron chi connectivity index (χ1n) is 9.05. The van der Waals surface area contributed by atoms with Crippen molar-refractivity contribution in [1.29, 1.82) is 0 Å². The Labute approximate surface area is 168 Å². The molecule has 0 bridgehead atoms. The summed E-state index contributed by atoms with van der Waals surface area (Å²) in [6.45, 7) is 1.85. The molecule has 0 unspecified atom stereocenters. The highest BCUT2D eigenvalue weighted by Gasteiger charge is 2.31. The van der Waals surface area contributed by atoms with E-state index in [9.17, 15) is 26.4 Å². The van der Waals surface area contributed by atoms with Gasteiger partial charge in [0, 0.05) is 18.7 Å². The molecule has 0 radical (unpaired) electrons. The summed E-state index contributed by atoms with van der Waals surface area (Å²) in [6, 6.07) is 11.5. The second kappa shape index (κ2) is 9.30. The third-order valence-electron chi connectivity index (χ3n) is 4.30. The molecular formula is C20H23F3N2O3S. The van der Waals surface area contributed by atoms with Crippen molar-refractivity contribution in [2.45, 2.75) is 32.4 Å². The Kier molecular flexibility index (Phi) is 7.29. The Balaban J connectivity index is 2.06. The summed E-state index contributed by atoms with van der Waals surface area (Å²) >= 11 is 0. The largest absolute Gasteiger partial charge is 0.416 e. The van der Waals surface area contributed by atoms with Gasteiger partial charge in [0.25, 0.3) is 0 Å². The Morgan fingerprint density at radius 1 is 1.10 bits per heavy atom. The lowest BCUT2D eigenvalue weighted by Crippen LogP contribution is -2.31. The summed E-state index contributed by atoms with van der Waals surface area (Å²) in [4.78, 5) is 12.2. The van der Waals surface area contributed by atoms with Crippen LogP contribution in [-0.4, -0.2) is 27.1 Å². The fourth-order valence-electron chi connectivity index (χ4n) is 2.87. The molecule has 0 spiro atoms. The van der Waals surface area contributed by atoms with Crippen LogP contribution in [0.25, 0.3) is 0 Å². The zero-order valence-electron chi connectivity index (χ0n) is 16.2. The number of benzene rings is 2. The van der Waals surface area contributed by atoms with Crippen molar-refractivity contribution >= 4 is 27.3 Å². The van der Waals surface area contributed by atoms with Gasteiger partial charge in [0.15, 0.2) is 0 Å². The van der Waals surface area contributed by atoms with Crippen LogP contribution < -0.4 is 9.62 Å². The van der Waals surface area contributed by atoms with E-state index in [1.165, 1.54) is 6.07 Å². The minimum atomic E-state index is -4.58. The molecule has 0 atom stereocenters. The highest BCUT2D eigenvalue weighted by atomic mass is 32.2. The maximum atomic E-state index is 12.9. The van der Waals surface area contributed by atoms with E-state index in [-0.39, 0.29) is 31.0 Å². The van der Waals surface area contributed by atoms with Crippen molar-refractivity contribution in [1.82, 2.24) is 0 Å². The van der Waals surface area contributed by atoms with Gasteiger partial charge in [-0.3, -0.25) is 9.10 Å². The Morgan fingerprint density at radius 2 is 1.79 bits per heavy atom. The number of amides is 1. The lowest BCUT2D eigenvalue weighted by Gasteiger charge is -2.23. The molecule has 29 heavy (non-hydrogen) atoms. The van der Waals surface area contributed by atoms with E-state index in [2.05, 4.69) is 5.32 Å².